The van der Waals surface area contributed by atoms with Crippen LogP contribution in [0.1, 0.15) is 21.3 Å². The Morgan fingerprint density at radius 1 is 1.20 bits per heavy atom. The zero-order chi connectivity index (χ0) is 17.4. The van der Waals surface area contributed by atoms with Crippen molar-refractivity contribution in [3.8, 4) is 0 Å². The Kier molecular flexibility index (Phi) is 4.03. The van der Waals surface area contributed by atoms with E-state index in [0.29, 0.717) is 4.88 Å². The lowest BCUT2D eigenvalue weighted by molar-refractivity contribution is 0.0921. The number of nitrogens with zero attached hydrogens (tertiary/aromatic N) is 1. The van der Waals surface area contributed by atoms with Crippen molar-refractivity contribution in [2.75, 3.05) is 6.54 Å². The molecule has 25 heavy (non-hydrogen) atoms. The number of benzene rings is 2. The number of aryl methyl sites for hydroxylation is 1. The Balaban J connectivity index is 1.51. The first-order valence-electron chi connectivity index (χ1n) is 8.12. The van der Waals surface area contributed by atoms with Crippen LogP contribution in [0.5, 0.6) is 0 Å². The van der Waals surface area contributed by atoms with Gasteiger partial charge in [-0.05, 0) is 23.6 Å². The summed E-state index contributed by atoms with van der Waals surface area (Å²) in [6.45, 7) is 0.182. The van der Waals surface area contributed by atoms with E-state index in [-0.39, 0.29) is 12.5 Å². The van der Waals surface area contributed by atoms with Gasteiger partial charge in [0.15, 0.2) is 0 Å². The zero-order valence-electron chi connectivity index (χ0n) is 13.8. The van der Waals surface area contributed by atoms with Crippen molar-refractivity contribution in [2.45, 2.75) is 6.10 Å². The highest BCUT2D eigenvalue weighted by atomic mass is 32.1. The molecule has 0 bridgehead atoms. The van der Waals surface area contributed by atoms with Crippen molar-refractivity contribution in [3.05, 3.63) is 71.2 Å². The van der Waals surface area contributed by atoms with E-state index in [9.17, 15) is 9.90 Å². The van der Waals surface area contributed by atoms with Crippen LogP contribution in [0.4, 0.5) is 0 Å². The maximum atomic E-state index is 12.4. The van der Waals surface area contributed by atoms with E-state index in [2.05, 4.69) is 5.32 Å². The van der Waals surface area contributed by atoms with Gasteiger partial charge in [0.05, 0.1) is 11.0 Å². The Morgan fingerprint density at radius 3 is 2.80 bits per heavy atom. The number of fused-ring (bicyclic) bond motifs is 2. The molecule has 2 heterocycles. The van der Waals surface area contributed by atoms with Gasteiger partial charge in [0.1, 0.15) is 0 Å². The number of nitrogens with one attached hydrogen (secondary N) is 1. The predicted octanol–water partition coefficient (Wildman–Crippen LogP) is 3.86. The third-order valence-electron chi connectivity index (χ3n) is 4.39. The van der Waals surface area contributed by atoms with Crippen LogP contribution in [-0.2, 0) is 7.05 Å². The standard InChI is InChI=1S/C20H18N2O2S/c1-22-12-15(14-7-3-4-8-16(14)22)17(23)11-21-20(24)19-10-13-6-2-5-9-18(13)25-19/h2-10,12,17,23H,11H2,1H3,(H,21,24)/t17-/m1/s1. The molecule has 0 saturated carbocycles. The molecule has 0 spiro atoms. The lowest BCUT2D eigenvalue weighted by atomic mass is 10.1. The molecule has 1 amide bonds. The van der Waals surface area contributed by atoms with Crippen LogP contribution in [-0.4, -0.2) is 22.1 Å². The van der Waals surface area contributed by atoms with Crippen LogP contribution >= 0.6 is 11.3 Å². The van der Waals surface area contributed by atoms with Gasteiger partial charge in [0, 0.05) is 41.0 Å². The molecule has 1 atom stereocenters. The Hall–Kier alpha value is -2.63. The summed E-state index contributed by atoms with van der Waals surface area (Å²) in [6.07, 6.45) is 1.17. The van der Waals surface area contributed by atoms with E-state index in [1.54, 1.807) is 0 Å². The number of aromatic nitrogens is 1. The molecule has 4 aromatic rings. The smallest absolute Gasteiger partial charge is 0.261 e. The van der Waals surface area contributed by atoms with Crippen molar-refractivity contribution in [1.82, 2.24) is 9.88 Å². The van der Waals surface area contributed by atoms with Gasteiger partial charge in [-0.25, -0.2) is 0 Å². The molecule has 126 valence electrons. The maximum absolute atomic E-state index is 12.4. The highest BCUT2D eigenvalue weighted by molar-refractivity contribution is 7.20. The second-order valence-corrected chi connectivity index (χ2v) is 7.17. The van der Waals surface area contributed by atoms with Crippen molar-refractivity contribution >= 4 is 38.2 Å². The second-order valence-electron chi connectivity index (χ2n) is 6.09. The van der Waals surface area contributed by atoms with E-state index >= 15 is 0 Å². The fourth-order valence-corrected chi connectivity index (χ4v) is 4.10. The van der Waals surface area contributed by atoms with Gasteiger partial charge in [-0.1, -0.05) is 36.4 Å². The molecule has 0 saturated heterocycles. The summed E-state index contributed by atoms with van der Waals surface area (Å²) in [5, 5.41) is 15.5. The van der Waals surface area contributed by atoms with Crippen molar-refractivity contribution in [3.63, 3.8) is 0 Å². The van der Waals surface area contributed by atoms with E-state index in [1.165, 1.54) is 11.3 Å². The molecule has 0 aliphatic heterocycles. The van der Waals surface area contributed by atoms with E-state index in [0.717, 1.165) is 26.6 Å². The van der Waals surface area contributed by atoms with Gasteiger partial charge in [0.25, 0.3) is 5.91 Å². The summed E-state index contributed by atoms with van der Waals surface area (Å²) in [4.78, 5) is 13.1. The summed E-state index contributed by atoms with van der Waals surface area (Å²) in [7, 11) is 1.95. The summed E-state index contributed by atoms with van der Waals surface area (Å²) < 4.78 is 3.07. The third kappa shape index (κ3) is 2.92. The number of carbonyl (C=O) groups excluding carboxylic acids is 1. The number of aliphatic hydroxyl groups excluding tert-OH is 1. The molecule has 0 fully saturated rings. The fraction of sp³-hybridized carbons (Fsp3) is 0.150. The Labute approximate surface area is 149 Å². The molecule has 4 rings (SSSR count). The molecule has 4 nitrogen and oxygen atoms in total. The monoisotopic (exact) mass is 350 g/mol. The molecule has 0 aliphatic rings. The third-order valence-corrected chi connectivity index (χ3v) is 5.51. The quantitative estimate of drug-likeness (QED) is 0.587. The van der Waals surface area contributed by atoms with Crippen LogP contribution in [0.25, 0.3) is 21.0 Å². The second kappa shape index (κ2) is 6.35. The summed E-state index contributed by atoms with van der Waals surface area (Å²) in [5.74, 6) is -0.152. The maximum Gasteiger partial charge on any atom is 0.261 e. The van der Waals surface area contributed by atoms with Crippen LogP contribution in [0.2, 0.25) is 0 Å². The Morgan fingerprint density at radius 2 is 1.96 bits per heavy atom. The number of aliphatic hydroxyl groups is 1. The predicted molar refractivity (Wildman–Crippen MR) is 102 cm³/mol. The zero-order valence-corrected chi connectivity index (χ0v) is 14.6. The van der Waals surface area contributed by atoms with Gasteiger partial charge < -0.3 is 15.0 Å². The van der Waals surface area contributed by atoms with E-state index in [4.69, 9.17) is 0 Å². The topological polar surface area (TPSA) is 54.3 Å². The molecule has 0 unspecified atom stereocenters. The number of amides is 1. The minimum atomic E-state index is -0.746. The molecule has 2 aromatic heterocycles. The highest BCUT2D eigenvalue weighted by Gasteiger charge is 2.16. The molecular formula is C20H18N2O2S. The molecule has 0 radical (unpaired) electrons. The summed E-state index contributed by atoms with van der Waals surface area (Å²) in [5.41, 5.74) is 1.89. The normalized spacial score (nSPS) is 12.6. The average Bonchev–Trinajstić information content (AvgIpc) is 3.21. The van der Waals surface area contributed by atoms with Gasteiger partial charge in [0.2, 0.25) is 0 Å². The molecule has 5 heteroatoms. The molecular weight excluding hydrogens is 332 g/mol. The van der Waals surface area contributed by atoms with Crippen LogP contribution < -0.4 is 5.32 Å². The largest absolute Gasteiger partial charge is 0.386 e. The lowest BCUT2D eigenvalue weighted by Gasteiger charge is -2.10. The number of carbonyl (C=O) groups is 1. The molecule has 0 aliphatic carbocycles. The van der Waals surface area contributed by atoms with Gasteiger partial charge in [-0.3, -0.25) is 4.79 Å². The van der Waals surface area contributed by atoms with Crippen molar-refractivity contribution in [1.29, 1.82) is 0 Å². The number of hydrogen-bond donors (Lipinski definition) is 2. The first kappa shape index (κ1) is 15.9. The summed E-state index contributed by atoms with van der Waals surface area (Å²) >= 11 is 1.46. The number of thiophene rings is 1. The van der Waals surface area contributed by atoms with Crippen LogP contribution in [0.3, 0.4) is 0 Å². The van der Waals surface area contributed by atoms with Gasteiger partial charge in [-0.15, -0.1) is 11.3 Å². The lowest BCUT2D eigenvalue weighted by Crippen LogP contribution is -2.27. The number of rotatable bonds is 4. The van der Waals surface area contributed by atoms with E-state index in [1.807, 2.05) is 72.4 Å². The average molecular weight is 350 g/mol. The Bertz CT molecular complexity index is 1030. The molecule has 2 N–H and O–H groups in total. The van der Waals surface area contributed by atoms with Crippen LogP contribution in [0, 0.1) is 0 Å². The van der Waals surface area contributed by atoms with Crippen molar-refractivity contribution in [2.24, 2.45) is 7.05 Å². The molecule has 2 aromatic carbocycles. The van der Waals surface area contributed by atoms with Crippen molar-refractivity contribution < 1.29 is 9.90 Å². The van der Waals surface area contributed by atoms with Gasteiger partial charge >= 0.3 is 0 Å². The highest BCUT2D eigenvalue weighted by Crippen LogP contribution is 2.27. The SMILES string of the molecule is Cn1cc([C@H](O)CNC(=O)c2cc3ccccc3s2)c2ccccc21. The first-order chi connectivity index (χ1) is 12.1. The minimum Gasteiger partial charge on any atom is -0.386 e. The fourth-order valence-electron chi connectivity index (χ4n) is 3.12. The number of para-hydroxylation sites is 1. The van der Waals surface area contributed by atoms with Crippen LogP contribution in [0.15, 0.2) is 60.8 Å². The number of hydrogen-bond acceptors (Lipinski definition) is 3. The first-order valence-corrected chi connectivity index (χ1v) is 8.94. The summed E-state index contributed by atoms with van der Waals surface area (Å²) in [6, 6.07) is 17.7. The van der Waals surface area contributed by atoms with Gasteiger partial charge in [-0.2, -0.15) is 0 Å². The van der Waals surface area contributed by atoms with E-state index < -0.39 is 6.10 Å². The minimum absolute atomic E-state index is 0.152.